The van der Waals surface area contributed by atoms with E-state index in [1.54, 1.807) is 32.0 Å². The molecule has 2 aromatic carbocycles. The molecule has 0 bridgehead atoms. The van der Waals surface area contributed by atoms with Gasteiger partial charge in [0.05, 0.1) is 15.4 Å². The quantitative estimate of drug-likeness (QED) is 0.253. The van der Waals surface area contributed by atoms with E-state index in [1.807, 2.05) is 0 Å². The fourth-order valence-electron chi connectivity index (χ4n) is 3.50. The number of nitro benzene ring substituents is 1. The predicted octanol–water partition coefficient (Wildman–Crippen LogP) is 1.29. The third-order valence-corrected chi connectivity index (χ3v) is 6.84. The molecule has 12 heteroatoms. The Morgan fingerprint density at radius 2 is 1.82 bits per heavy atom. The maximum Gasteiger partial charge on any atom is 0.282 e. The van der Waals surface area contributed by atoms with Crippen LogP contribution in [-0.4, -0.2) is 55.1 Å². The lowest BCUT2D eigenvalue weighted by Crippen LogP contribution is -2.49. The number of nitrogens with zero attached hydrogens (tertiary/aromatic N) is 2. The Balaban J connectivity index is 1.63. The molecule has 0 saturated heterocycles. The highest BCUT2D eigenvalue weighted by molar-refractivity contribution is 7.89. The Kier molecular flexibility index (Phi) is 6.60. The number of amides is 3. The maximum atomic E-state index is 12.7. The Hall–Kier alpha value is -3.64. The highest BCUT2D eigenvalue weighted by Crippen LogP contribution is 2.31. The molecule has 33 heavy (non-hydrogen) atoms. The first kappa shape index (κ1) is 24.0. The Morgan fingerprint density at radius 1 is 1.12 bits per heavy atom. The second kappa shape index (κ2) is 9.08. The molecule has 1 atom stereocenters. The van der Waals surface area contributed by atoms with E-state index in [-0.39, 0.29) is 29.1 Å². The van der Waals surface area contributed by atoms with E-state index >= 15 is 0 Å². The number of fused-ring (bicyclic) bond motifs is 1. The molecule has 0 radical (unpaired) electrons. The number of carbonyl (C=O) groups is 3. The minimum atomic E-state index is -3.80. The normalized spacial score (nSPS) is 14.2. The Bertz CT molecular complexity index is 1270. The zero-order chi connectivity index (χ0) is 24.5. The van der Waals surface area contributed by atoms with Crippen LogP contribution in [0, 0.1) is 24.0 Å². The summed E-state index contributed by atoms with van der Waals surface area (Å²) in [5, 5.41) is 13.7. The van der Waals surface area contributed by atoms with E-state index in [9.17, 15) is 32.9 Å². The fourth-order valence-corrected chi connectivity index (χ4v) is 4.86. The molecule has 174 valence electrons. The number of hydrogen-bond acceptors (Lipinski definition) is 7. The molecular formula is C21H22N4O7S. The molecule has 3 amide bonds. The SMILES string of the molecule is Cc1ccc(C)c(S(=O)(=O)NCCNC(=O)C(C)N2C(=O)c3cccc([N+](=O)[O-])c3C2=O)c1. The van der Waals surface area contributed by atoms with Gasteiger partial charge in [0.25, 0.3) is 17.5 Å². The van der Waals surface area contributed by atoms with Gasteiger partial charge in [-0.3, -0.25) is 29.4 Å². The van der Waals surface area contributed by atoms with Crippen molar-refractivity contribution in [3.8, 4) is 0 Å². The number of carbonyl (C=O) groups excluding carboxylic acids is 3. The first-order chi connectivity index (χ1) is 15.5. The second-order valence-corrected chi connectivity index (χ2v) is 9.31. The average Bonchev–Trinajstić information content (AvgIpc) is 3.02. The van der Waals surface area contributed by atoms with Gasteiger partial charge in [-0.15, -0.1) is 0 Å². The van der Waals surface area contributed by atoms with E-state index in [2.05, 4.69) is 10.0 Å². The van der Waals surface area contributed by atoms with Crippen LogP contribution < -0.4 is 10.0 Å². The van der Waals surface area contributed by atoms with Crippen molar-refractivity contribution in [3.05, 3.63) is 68.8 Å². The number of rotatable bonds is 8. The van der Waals surface area contributed by atoms with Gasteiger partial charge in [-0.1, -0.05) is 18.2 Å². The van der Waals surface area contributed by atoms with Gasteiger partial charge in [0.2, 0.25) is 15.9 Å². The van der Waals surface area contributed by atoms with Crippen molar-refractivity contribution in [2.45, 2.75) is 31.7 Å². The molecule has 11 nitrogen and oxygen atoms in total. The summed E-state index contributed by atoms with van der Waals surface area (Å²) in [6, 6.07) is 7.46. The molecule has 0 aromatic heterocycles. The maximum absolute atomic E-state index is 12.7. The fraction of sp³-hybridized carbons (Fsp3) is 0.286. The van der Waals surface area contributed by atoms with Gasteiger partial charge in [0.1, 0.15) is 11.6 Å². The highest BCUT2D eigenvalue weighted by Gasteiger charge is 2.44. The van der Waals surface area contributed by atoms with Crippen LogP contribution in [0.2, 0.25) is 0 Å². The average molecular weight is 474 g/mol. The molecule has 1 unspecified atom stereocenters. The minimum Gasteiger partial charge on any atom is -0.353 e. The van der Waals surface area contributed by atoms with Gasteiger partial charge in [-0.25, -0.2) is 13.1 Å². The summed E-state index contributed by atoms with van der Waals surface area (Å²) >= 11 is 0. The van der Waals surface area contributed by atoms with E-state index < -0.39 is 44.4 Å². The smallest absolute Gasteiger partial charge is 0.282 e. The molecule has 1 aliphatic heterocycles. The predicted molar refractivity (Wildman–Crippen MR) is 117 cm³/mol. The molecule has 0 spiro atoms. The summed E-state index contributed by atoms with van der Waals surface area (Å²) in [4.78, 5) is 49.1. The summed E-state index contributed by atoms with van der Waals surface area (Å²) in [7, 11) is -3.80. The molecule has 1 heterocycles. The van der Waals surface area contributed by atoms with Gasteiger partial charge in [0, 0.05) is 19.2 Å². The number of nitrogens with one attached hydrogen (secondary N) is 2. The van der Waals surface area contributed by atoms with E-state index in [0.717, 1.165) is 11.6 Å². The highest BCUT2D eigenvalue weighted by atomic mass is 32.2. The summed E-state index contributed by atoms with van der Waals surface area (Å²) in [6.07, 6.45) is 0. The molecule has 2 N–H and O–H groups in total. The minimum absolute atomic E-state index is 0.101. The standard InChI is InChI=1S/C21H22N4O7S/c1-12-7-8-13(2)17(11-12)33(31,32)23-10-9-22-19(26)14(3)24-20(27)15-5-4-6-16(25(29)30)18(15)21(24)28/h4-8,11,14,23H,9-10H2,1-3H3,(H,22,26). The van der Waals surface area contributed by atoms with Crippen LogP contribution >= 0.6 is 0 Å². The van der Waals surface area contributed by atoms with Crippen molar-refractivity contribution in [2.75, 3.05) is 13.1 Å². The van der Waals surface area contributed by atoms with Crippen LogP contribution in [0.25, 0.3) is 0 Å². The van der Waals surface area contributed by atoms with E-state index in [4.69, 9.17) is 0 Å². The zero-order valence-corrected chi connectivity index (χ0v) is 18.9. The number of benzene rings is 2. The summed E-state index contributed by atoms with van der Waals surface area (Å²) in [5.74, 6) is -2.45. The largest absolute Gasteiger partial charge is 0.353 e. The zero-order valence-electron chi connectivity index (χ0n) is 18.1. The Morgan fingerprint density at radius 3 is 2.48 bits per heavy atom. The number of hydrogen-bond donors (Lipinski definition) is 2. The van der Waals surface area contributed by atoms with Crippen LogP contribution in [0.3, 0.4) is 0 Å². The third kappa shape index (κ3) is 4.61. The summed E-state index contributed by atoms with van der Waals surface area (Å²) in [6.45, 7) is 4.53. The van der Waals surface area contributed by atoms with Gasteiger partial charge in [-0.2, -0.15) is 0 Å². The molecule has 0 aliphatic carbocycles. The first-order valence-corrected chi connectivity index (χ1v) is 11.4. The lowest BCUT2D eigenvalue weighted by Gasteiger charge is -2.21. The first-order valence-electron chi connectivity index (χ1n) is 9.95. The lowest BCUT2D eigenvalue weighted by molar-refractivity contribution is -0.385. The molecule has 0 saturated carbocycles. The van der Waals surface area contributed by atoms with Crippen LogP contribution in [0.1, 0.15) is 38.8 Å². The van der Waals surface area contributed by atoms with E-state index in [0.29, 0.717) is 10.5 Å². The molecule has 0 fully saturated rings. The number of aryl methyl sites for hydroxylation is 2. The number of nitro groups is 1. The number of sulfonamides is 1. The van der Waals surface area contributed by atoms with Crippen LogP contribution in [0.4, 0.5) is 5.69 Å². The second-order valence-electron chi connectivity index (χ2n) is 7.57. The van der Waals surface area contributed by atoms with Crippen molar-refractivity contribution in [1.29, 1.82) is 0 Å². The molecule has 3 rings (SSSR count). The Labute approximate surface area is 190 Å². The molecule has 2 aromatic rings. The van der Waals surface area contributed by atoms with Crippen molar-refractivity contribution < 1.29 is 27.7 Å². The van der Waals surface area contributed by atoms with Crippen molar-refractivity contribution in [3.63, 3.8) is 0 Å². The van der Waals surface area contributed by atoms with Gasteiger partial charge >= 0.3 is 0 Å². The van der Waals surface area contributed by atoms with Gasteiger partial charge in [-0.05, 0) is 44.0 Å². The van der Waals surface area contributed by atoms with Crippen molar-refractivity contribution in [2.24, 2.45) is 0 Å². The summed E-state index contributed by atoms with van der Waals surface area (Å²) < 4.78 is 27.4. The lowest BCUT2D eigenvalue weighted by atomic mass is 10.1. The van der Waals surface area contributed by atoms with Crippen molar-refractivity contribution >= 4 is 33.4 Å². The van der Waals surface area contributed by atoms with Crippen LogP contribution in [-0.2, 0) is 14.8 Å². The molecule has 1 aliphatic rings. The van der Waals surface area contributed by atoms with Crippen LogP contribution in [0.15, 0.2) is 41.3 Å². The van der Waals surface area contributed by atoms with Gasteiger partial charge in [0.15, 0.2) is 0 Å². The monoisotopic (exact) mass is 474 g/mol. The third-order valence-electron chi connectivity index (χ3n) is 5.24. The molecular weight excluding hydrogens is 452 g/mol. The topological polar surface area (TPSA) is 156 Å². The van der Waals surface area contributed by atoms with Crippen molar-refractivity contribution in [1.82, 2.24) is 14.9 Å². The van der Waals surface area contributed by atoms with E-state index in [1.165, 1.54) is 19.1 Å². The van der Waals surface area contributed by atoms with Crippen LogP contribution in [0.5, 0.6) is 0 Å². The summed E-state index contributed by atoms with van der Waals surface area (Å²) in [5.41, 5.74) is 0.347. The number of imide groups is 1. The van der Waals surface area contributed by atoms with Gasteiger partial charge < -0.3 is 5.32 Å².